The summed E-state index contributed by atoms with van der Waals surface area (Å²) in [6, 6.07) is 3.88. The normalized spacial score (nSPS) is 11.7. The van der Waals surface area contributed by atoms with Gasteiger partial charge in [0.15, 0.2) is 0 Å². The largest absolute Gasteiger partial charge is 0.493 e. The van der Waals surface area contributed by atoms with Crippen LogP contribution in [-0.2, 0) is 11.3 Å². The molecule has 114 valence electrons. The van der Waals surface area contributed by atoms with Gasteiger partial charge in [0.1, 0.15) is 11.6 Å². The van der Waals surface area contributed by atoms with Crippen molar-refractivity contribution in [3.63, 3.8) is 0 Å². The minimum Gasteiger partial charge on any atom is -0.493 e. The minimum atomic E-state index is -4.28. The molecule has 0 spiro atoms. The second-order valence-corrected chi connectivity index (χ2v) is 4.18. The van der Waals surface area contributed by atoms with E-state index in [9.17, 15) is 17.6 Å². The Bertz CT molecular complexity index is 410. The third-order valence-electron chi connectivity index (χ3n) is 2.40. The maximum atomic E-state index is 13.3. The molecular weight excluding hydrogens is 278 g/mol. The number of rotatable bonds is 8. The van der Waals surface area contributed by atoms with Gasteiger partial charge in [0, 0.05) is 26.3 Å². The first kappa shape index (κ1) is 16.7. The molecule has 0 heterocycles. The van der Waals surface area contributed by atoms with Gasteiger partial charge in [-0.3, -0.25) is 0 Å². The zero-order valence-electron chi connectivity index (χ0n) is 11.1. The molecule has 0 radical (unpaired) electrons. The summed E-state index contributed by atoms with van der Waals surface area (Å²) in [4.78, 5) is 0. The van der Waals surface area contributed by atoms with Crippen molar-refractivity contribution in [3.05, 3.63) is 29.6 Å². The van der Waals surface area contributed by atoms with E-state index >= 15 is 0 Å². The first-order valence-electron chi connectivity index (χ1n) is 6.09. The van der Waals surface area contributed by atoms with Gasteiger partial charge < -0.3 is 14.8 Å². The molecule has 0 aliphatic rings. The summed E-state index contributed by atoms with van der Waals surface area (Å²) in [5, 5.41) is 3.01. The lowest BCUT2D eigenvalue weighted by Gasteiger charge is -2.10. The number of methoxy groups -OCH3 is 1. The van der Waals surface area contributed by atoms with Crippen LogP contribution in [0, 0.1) is 5.82 Å². The maximum absolute atomic E-state index is 13.3. The van der Waals surface area contributed by atoms with E-state index in [4.69, 9.17) is 9.47 Å². The molecule has 0 unspecified atom stereocenters. The van der Waals surface area contributed by atoms with Crippen LogP contribution in [0.1, 0.15) is 12.0 Å². The van der Waals surface area contributed by atoms with E-state index in [2.05, 4.69) is 5.32 Å². The second kappa shape index (κ2) is 8.06. The van der Waals surface area contributed by atoms with E-state index in [0.717, 1.165) is 6.07 Å². The van der Waals surface area contributed by atoms with Gasteiger partial charge in [-0.2, -0.15) is 13.2 Å². The molecule has 1 N–H and O–H groups in total. The molecule has 0 atom stereocenters. The van der Waals surface area contributed by atoms with Gasteiger partial charge in [-0.1, -0.05) is 0 Å². The van der Waals surface area contributed by atoms with Gasteiger partial charge in [-0.05, 0) is 17.7 Å². The van der Waals surface area contributed by atoms with Crippen LogP contribution in [0.3, 0.4) is 0 Å². The Balaban J connectivity index is 2.48. The monoisotopic (exact) mass is 295 g/mol. The van der Waals surface area contributed by atoms with Crippen molar-refractivity contribution in [3.8, 4) is 5.75 Å². The number of benzene rings is 1. The highest BCUT2D eigenvalue weighted by Crippen LogP contribution is 2.21. The molecule has 0 fully saturated rings. The predicted molar refractivity (Wildman–Crippen MR) is 66.1 cm³/mol. The lowest BCUT2D eigenvalue weighted by atomic mass is 10.2. The fraction of sp³-hybridized carbons (Fsp3) is 0.538. The Hall–Kier alpha value is -1.34. The minimum absolute atomic E-state index is 0.0952. The number of nitrogens with one attached hydrogen (secondary N) is 1. The van der Waals surface area contributed by atoms with E-state index in [1.165, 1.54) is 12.1 Å². The number of hydrogen-bond donors (Lipinski definition) is 1. The highest BCUT2D eigenvalue weighted by molar-refractivity contribution is 5.29. The van der Waals surface area contributed by atoms with Crippen LogP contribution in [0.25, 0.3) is 0 Å². The van der Waals surface area contributed by atoms with Gasteiger partial charge in [-0.15, -0.1) is 0 Å². The van der Waals surface area contributed by atoms with Crippen molar-refractivity contribution in [2.45, 2.75) is 19.1 Å². The van der Waals surface area contributed by atoms with Gasteiger partial charge in [0.25, 0.3) is 0 Å². The maximum Gasteiger partial charge on any atom is 0.392 e. The zero-order chi connectivity index (χ0) is 15.0. The fourth-order valence-corrected chi connectivity index (χ4v) is 1.50. The first-order chi connectivity index (χ1) is 9.40. The Morgan fingerprint density at radius 2 is 1.90 bits per heavy atom. The number of halogens is 4. The molecule has 1 rings (SSSR count). The van der Waals surface area contributed by atoms with Crippen LogP contribution in [-0.4, -0.2) is 33.0 Å². The quantitative estimate of drug-likeness (QED) is 0.591. The van der Waals surface area contributed by atoms with E-state index in [0.29, 0.717) is 25.3 Å². The van der Waals surface area contributed by atoms with Gasteiger partial charge in [0.2, 0.25) is 0 Å². The molecule has 0 saturated carbocycles. The van der Waals surface area contributed by atoms with E-state index in [-0.39, 0.29) is 5.75 Å². The van der Waals surface area contributed by atoms with E-state index in [1.54, 1.807) is 7.11 Å². The van der Waals surface area contributed by atoms with Crippen molar-refractivity contribution in [1.82, 2.24) is 5.32 Å². The Morgan fingerprint density at radius 3 is 2.55 bits per heavy atom. The van der Waals surface area contributed by atoms with E-state index < -0.39 is 25.0 Å². The summed E-state index contributed by atoms with van der Waals surface area (Å²) in [6.45, 7) is 0.974. The highest BCUT2D eigenvalue weighted by Gasteiger charge is 2.26. The Morgan fingerprint density at radius 1 is 1.15 bits per heavy atom. The molecule has 0 saturated heterocycles. The van der Waals surface area contributed by atoms with Crippen LogP contribution < -0.4 is 10.1 Å². The summed E-state index contributed by atoms with van der Waals surface area (Å²) in [5.41, 5.74) is 0.600. The molecular formula is C13H17F4NO2. The number of alkyl halides is 3. The Labute approximate surface area is 114 Å². The molecule has 0 aliphatic heterocycles. The number of ether oxygens (including phenoxy) is 2. The molecule has 20 heavy (non-hydrogen) atoms. The third kappa shape index (κ3) is 7.30. The van der Waals surface area contributed by atoms with Crippen LogP contribution in [0.4, 0.5) is 17.6 Å². The molecule has 1 aromatic rings. The second-order valence-electron chi connectivity index (χ2n) is 4.18. The summed E-state index contributed by atoms with van der Waals surface area (Å²) in [7, 11) is 1.57. The molecule has 0 bridgehead atoms. The molecule has 0 aromatic heterocycles. The molecule has 3 nitrogen and oxygen atoms in total. The third-order valence-corrected chi connectivity index (χ3v) is 2.40. The molecule has 7 heteroatoms. The van der Waals surface area contributed by atoms with Crippen LogP contribution in [0.2, 0.25) is 0 Å². The van der Waals surface area contributed by atoms with Crippen molar-refractivity contribution < 1.29 is 27.0 Å². The average molecular weight is 295 g/mol. The summed E-state index contributed by atoms with van der Waals surface area (Å²) >= 11 is 0. The smallest absolute Gasteiger partial charge is 0.392 e. The van der Waals surface area contributed by atoms with Crippen molar-refractivity contribution in [2.75, 3.05) is 26.9 Å². The van der Waals surface area contributed by atoms with Crippen LogP contribution in [0.15, 0.2) is 18.2 Å². The van der Waals surface area contributed by atoms with Crippen LogP contribution >= 0.6 is 0 Å². The van der Waals surface area contributed by atoms with Crippen molar-refractivity contribution >= 4 is 0 Å². The van der Waals surface area contributed by atoms with Crippen LogP contribution in [0.5, 0.6) is 5.75 Å². The Kier molecular flexibility index (Phi) is 6.74. The molecule has 1 aromatic carbocycles. The fourth-order valence-electron chi connectivity index (χ4n) is 1.50. The molecule has 0 amide bonds. The lowest BCUT2D eigenvalue weighted by molar-refractivity contribution is -0.139. The van der Waals surface area contributed by atoms with Gasteiger partial charge in [-0.25, -0.2) is 4.39 Å². The number of hydrogen-bond acceptors (Lipinski definition) is 3. The highest BCUT2D eigenvalue weighted by atomic mass is 19.4. The van der Waals surface area contributed by atoms with Crippen molar-refractivity contribution in [2.24, 2.45) is 0 Å². The van der Waals surface area contributed by atoms with E-state index in [1.807, 2.05) is 0 Å². The van der Waals surface area contributed by atoms with Crippen molar-refractivity contribution in [1.29, 1.82) is 0 Å². The summed E-state index contributed by atoms with van der Waals surface area (Å²) < 4.78 is 59.0. The SMILES string of the molecule is COCCNCc1cc(F)cc(OCCC(F)(F)F)c1. The summed E-state index contributed by atoms with van der Waals surface area (Å²) in [6.07, 6.45) is -5.34. The lowest BCUT2D eigenvalue weighted by Crippen LogP contribution is -2.18. The summed E-state index contributed by atoms with van der Waals surface area (Å²) in [5.74, 6) is -0.448. The van der Waals surface area contributed by atoms with Gasteiger partial charge >= 0.3 is 6.18 Å². The average Bonchev–Trinajstić information content (AvgIpc) is 2.32. The predicted octanol–water partition coefficient (Wildman–Crippen LogP) is 2.89. The zero-order valence-corrected chi connectivity index (χ0v) is 11.1. The topological polar surface area (TPSA) is 30.5 Å². The van der Waals surface area contributed by atoms with Gasteiger partial charge in [0.05, 0.1) is 19.6 Å². The standard InChI is InChI=1S/C13H17F4NO2/c1-19-5-3-18-9-10-6-11(14)8-12(7-10)20-4-2-13(15,16)17/h6-8,18H,2-5,9H2,1H3. The molecule has 0 aliphatic carbocycles. The first-order valence-corrected chi connectivity index (χ1v) is 6.09.